The number of nitrogens with zero attached hydrogens (tertiary/aromatic N) is 7. The minimum atomic E-state index is -0.193. The minimum absolute atomic E-state index is 0.193. The molecule has 1 saturated carbocycles. The fraction of sp³-hybridized carbons (Fsp3) is 0.486. The van der Waals surface area contributed by atoms with E-state index in [1.165, 1.54) is 235 Å². The largest absolute Gasteiger partial charge is 0.493 e. The first-order chi connectivity index (χ1) is 60.8. The first-order valence-corrected chi connectivity index (χ1v) is 48.8. The van der Waals surface area contributed by atoms with Crippen LogP contribution in [0.3, 0.4) is 0 Å². The Morgan fingerprint density at radius 2 is 1.08 bits per heavy atom. The van der Waals surface area contributed by atoms with Gasteiger partial charge in [-0.1, -0.05) is 146 Å². The highest BCUT2D eigenvalue weighted by Crippen LogP contribution is 2.49. The van der Waals surface area contributed by atoms with Crippen molar-refractivity contribution in [1.82, 2.24) is 53.9 Å². The highest BCUT2D eigenvalue weighted by Gasteiger charge is 2.40. The van der Waals surface area contributed by atoms with Gasteiger partial charge in [-0.05, 0) is 282 Å². The zero-order valence-electron chi connectivity index (χ0n) is 74.7. The topological polar surface area (TPSA) is 120 Å². The van der Waals surface area contributed by atoms with Crippen molar-refractivity contribution in [1.29, 1.82) is 0 Å². The van der Waals surface area contributed by atoms with Crippen LogP contribution in [0.2, 0.25) is 0 Å². The second-order valence-electron chi connectivity index (χ2n) is 38.0. The van der Waals surface area contributed by atoms with Gasteiger partial charge >= 0.3 is 0 Å². The first kappa shape index (κ1) is 85.1. The first-order valence-electron chi connectivity index (χ1n) is 47.6. The van der Waals surface area contributed by atoms with Gasteiger partial charge in [0.2, 0.25) is 0 Å². The van der Waals surface area contributed by atoms with Crippen molar-refractivity contribution in [3.63, 3.8) is 0 Å². The van der Waals surface area contributed by atoms with E-state index < -0.39 is 0 Å². The quantitative estimate of drug-likeness (QED) is 0.0373. The normalized spacial score (nSPS) is 20.9. The third-order valence-corrected chi connectivity index (χ3v) is 30.7. The van der Waals surface area contributed by atoms with E-state index in [-0.39, 0.29) is 6.29 Å². The van der Waals surface area contributed by atoms with Crippen molar-refractivity contribution in [3.8, 4) is 5.75 Å². The molecule has 2 fully saturated rings. The van der Waals surface area contributed by atoms with Crippen LogP contribution in [0.4, 0.5) is 0 Å². The fourth-order valence-electron chi connectivity index (χ4n) is 23.7. The predicted molar refractivity (Wildman–Crippen MR) is 516 cm³/mol. The Balaban J connectivity index is 0.000000103. The highest BCUT2D eigenvalue weighted by atomic mass is 79.9. The number of ether oxygens (including phenoxy) is 4. The van der Waals surface area contributed by atoms with Gasteiger partial charge in [0.15, 0.2) is 6.29 Å². The van der Waals surface area contributed by atoms with Crippen LogP contribution in [0.5, 0.6) is 5.75 Å². The molecule has 11 heterocycles. The number of nitrogens with one attached hydrogen (secondary N) is 4. The van der Waals surface area contributed by atoms with Crippen molar-refractivity contribution in [2.24, 2.45) is 11.8 Å². The van der Waals surface area contributed by atoms with E-state index in [0.717, 1.165) is 112 Å². The van der Waals surface area contributed by atoms with E-state index in [9.17, 15) is 0 Å². The summed E-state index contributed by atoms with van der Waals surface area (Å²) in [5.74, 6) is 3.13. The van der Waals surface area contributed by atoms with Gasteiger partial charge in [-0.2, -0.15) is 0 Å². The average Bonchev–Trinajstić information content (AvgIpc) is 1.58. The molecule has 6 aliphatic carbocycles. The molecule has 12 aromatic rings. The van der Waals surface area contributed by atoms with Gasteiger partial charge in [0.05, 0.1) is 36.3 Å². The number of aryl methyl sites for hydroxylation is 6. The number of hydrogen-bond donors (Lipinski definition) is 4. The molecule has 124 heavy (non-hydrogen) atoms. The van der Waals surface area contributed by atoms with Crippen molar-refractivity contribution >= 4 is 93.2 Å². The van der Waals surface area contributed by atoms with Crippen LogP contribution in [0.1, 0.15) is 243 Å². The van der Waals surface area contributed by atoms with Gasteiger partial charge < -0.3 is 63.1 Å². The van der Waals surface area contributed by atoms with Crippen LogP contribution in [0.25, 0.3) is 60.1 Å². The lowest BCUT2D eigenvalue weighted by molar-refractivity contribution is -0.100. The monoisotopic (exact) mass is 1750 g/mol. The molecule has 12 aliphatic rings. The van der Waals surface area contributed by atoms with Gasteiger partial charge in [0.1, 0.15) is 5.75 Å². The summed E-state index contributed by atoms with van der Waals surface area (Å²) in [7, 11) is 7.37. The Morgan fingerprint density at radius 1 is 0.508 bits per heavy atom. The molecule has 652 valence electrons. The standard InChI is InChI=1S/C28H31N3.C28H32N2S.C19H26N2O.C17H24N2O2.C15H19BrN2O/c1-2-5-20(6-3-1)18-30-15-16-31-26-10-9-22(25-19-29-13-11-21(25)12-14-29)17-24(26)23-7-4-8-27(30)28(23)31;31-27(18-20-8-3-1-4-9-20)29-16-17-30-25-15-14-22(21-10-5-2-6-11-21)19-24(25)23-12-7-13-26(29)28(23)30;1-13(2)12-22-14-7-8-17-16(11-14)15-5-4-6-18-19(15)21(17)10-9-20(18)3;1-11-7-8-14-13(9-11)12-5-4-6-15(17(12)19-14)18-10-16(20-2)21-3;1-19-8-7-17-14-4-2-3-11-12-9-10(16)5-6-13(12)18-15(11)14/h1-3,5-6,9-10,17,19,21,27H,4,7-8,11-16,18H2;1,3-4,8-9,14-15,19,21,26H,2,5-7,10-13,16-18H2;7-8,11,13,18H,4-6,9-10,12H2,1-3H3;7-9,15-16,18-19H,4-6,10H2,1-3H3;5-6,9,14,17-18H,2-4,7-8H2,1H3. The summed E-state index contributed by atoms with van der Waals surface area (Å²) >= 11 is 9.56. The second-order valence-corrected chi connectivity index (χ2v) is 39.4. The maximum atomic E-state index is 6.00. The van der Waals surface area contributed by atoms with E-state index in [2.05, 4.69) is 256 Å². The van der Waals surface area contributed by atoms with Gasteiger partial charge in [0, 0.05) is 205 Å². The molecule has 17 heteroatoms. The number of aromatic amines is 2. The fourth-order valence-corrected chi connectivity index (χ4v) is 24.4. The third-order valence-electron chi connectivity index (χ3n) is 29.8. The number of methoxy groups -OCH3 is 3. The van der Waals surface area contributed by atoms with Crippen LogP contribution in [-0.4, -0.2) is 142 Å². The number of hydrogen-bond acceptors (Lipinski definition) is 10. The molecule has 0 amide bonds. The number of allylic oxidation sites excluding steroid dienone is 1. The molecule has 5 atom stereocenters. The van der Waals surface area contributed by atoms with Crippen molar-refractivity contribution in [3.05, 3.63) is 246 Å². The number of likely N-dealkylation sites (N-methyl/N-ethyl adjacent to an activating group) is 1. The molecule has 6 aliphatic heterocycles. The van der Waals surface area contributed by atoms with E-state index in [1.807, 2.05) is 0 Å². The number of H-pyrrole nitrogens is 2. The molecule has 7 aromatic carbocycles. The minimum Gasteiger partial charge on any atom is -0.493 e. The van der Waals surface area contributed by atoms with Crippen LogP contribution < -0.4 is 15.4 Å². The number of benzene rings is 7. The summed E-state index contributed by atoms with van der Waals surface area (Å²) in [5, 5.41) is 14.4. The molecule has 4 N–H and O–H groups in total. The molecule has 0 spiro atoms. The summed E-state index contributed by atoms with van der Waals surface area (Å²) in [6, 6.07) is 58.9. The lowest BCUT2D eigenvalue weighted by Gasteiger charge is -2.41. The van der Waals surface area contributed by atoms with Gasteiger partial charge in [-0.3, -0.25) is 9.80 Å². The molecule has 1 saturated heterocycles. The van der Waals surface area contributed by atoms with E-state index in [4.69, 9.17) is 31.2 Å². The van der Waals surface area contributed by atoms with Crippen molar-refractivity contribution < 1.29 is 18.9 Å². The smallest absolute Gasteiger partial charge is 0.169 e. The molecular weight excluding hydrogens is 1620 g/mol. The van der Waals surface area contributed by atoms with Crippen LogP contribution >= 0.6 is 28.1 Å². The number of halogens is 1. The Kier molecular flexibility index (Phi) is 26.3. The van der Waals surface area contributed by atoms with E-state index in [0.29, 0.717) is 42.7 Å². The molecule has 5 unspecified atom stereocenters. The van der Waals surface area contributed by atoms with Crippen molar-refractivity contribution in [2.45, 2.75) is 237 Å². The summed E-state index contributed by atoms with van der Waals surface area (Å²) in [4.78, 5) is 18.7. The lowest BCUT2D eigenvalue weighted by Crippen LogP contribution is -2.43. The number of piperidine rings is 1. The molecule has 15 nitrogen and oxygen atoms in total. The summed E-state index contributed by atoms with van der Waals surface area (Å²) < 4.78 is 30.6. The van der Waals surface area contributed by atoms with Crippen molar-refractivity contribution in [2.75, 3.05) is 87.4 Å². The molecule has 2 bridgehead atoms. The SMILES string of the molecule is C1=C(c2ccc3c(c2)c2c4n3CCN(Cc3ccccc3)C4CCC2)C2CCN1CC2.CC(C)COc1ccc2c(c1)c1c3n2CCN(C)C3CCC1.COC(CNC1CCCc2c1[nH]c1ccc(C)cc21)OC.COCCNC1CCCc2c1[nH]c1ccc(Br)cc21.S=C(Cc1ccccc1)N1CCn2c3c(c4cc(C5CCCCC5)ccc42)CCCC31. The lowest BCUT2D eigenvalue weighted by atomic mass is 9.81. The number of thiocarbonyl (C=S) groups is 1. The maximum Gasteiger partial charge on any atom is 0.169 e. The Bertz CT molecular complexity index is 5780. The van der Waals surface area contributed by atoms with Crippen LogP contribution in [0, 0.1) is 18.8 Å². The third kappa shape index (κ3) is 17.6. The van der Waals surface area contributed by atoms with E-state index in [1.54, 1.807) is 71.6 Å². The zero-order chi connectivity index (χ0) is 84.5. The Hall–Kier alpha value is -8.33. The number of rotatable bonds is 18. The molecular formula is C107H132BrN11O4S. The molecule has 0 radical (unpaired) electrons. The van der Waals surface area contributed by atoms with E-state index >= 15 is 0 Å². The molecule has 5 aromatic heterocycles. The van der Waals surface area contributed by atoms with Gasteiger partial charge in [-0.25, -0.2) is 0 Å². The summed E-state index contributed by atoms with van der Waals surface area (Å²) in [6.07, 6.45) is 31.3. The maximum absolute atomic E-state index is 6.00. The van der Waals surface area contributed by atoms with Crippen LogP contribution in [-0.2, 0) is 78.9 Å². The average molecular weight is 1750 g/mol. The van der Waals surface area contributed by atoms with Crippen LogP contribution in [0.15, 0.2) is 162 Å². The Morgan fingerprint density at radius 3 is 1.74 bits per heavy atom. The molecule has 24 rings (SSSR count). The highest BCUT2D eigenvalue weighted by molar-refractivity contribution is 9.10. The number of aromatic nitrogens is 5. The second kappa shape index (κ2) is 38.3. The van der Waals surface area contributed by atoms with Gasteiger partial charge in [0.25, 0.3) is 0 Å². The summed E-state index contributed by atoms with van der Waals surface area (Å²) in [5.41, 5.74) is 30.9. The zero-order valence-corrected chi connectivity index (χ0v) is 77.1. The Labute approximate surface area is 749 Å². The predicted octanol–water partition coefficient (Wildman–Crippen LogP) is 23.2. The number of fused-ring (bicyclic) bond motifs is 17. The van der Waals surface area contributed by atoms with Gasteiger partial charge in [-0.15, -0.1) is 0 Å². The summed E-state index contributed by atoms with van der Waals surface area (Å²) in [6.45, 7) is 19.9.